The van der Waals surface area contributed by atoms with Gasteiger partial charge in [0.25, 0.3) is 0 Å². The molecule has 1 atom stereocenters. The zero-order chi connectivity index (χ0) is 13.3. The van der Waals surface area contributed by atoms with Crippen LogP contribution in [0.1, 0.15) is 22.2 Å². The van der Waals surface area contributed by atoms with Crippen molar-refractivity contribution >= 4 is 8.07 Å². The van der Waals surface area contributed by atoms with Crippen LogP contribution in [-0.4, -0.2) is 8.07 Å². The Morgan fingerprint density at radius 1 is 0.947 bits per heavy atom. The smallest absolute Gasteiger partial charge is 0.0559 e. The van der Waals surface area contributed by atoms with E-state index in [0.29, 0.717) is 0 Å². The van der Waals surface area contributed by atoms with Crippen molar-refractivity contribution in [2.45, 2.75) is 37.5 Å². The zero-order valence-corrected chi connectivity index (χ0v) is 12.9. The van der Waals surface area contributed by atoms with Gasteiger partial charge >= 0.3 is 0 Å². The van der Waals surface area contributed by atoms with Crippen molar-refractivity contribution in [2.24, 2.45) is 0 Å². The minimum atomic E-state index is -1.15. The molecule has 2 aromatic carbocycles. The maximum Gasteiger partial charge on any atom is 0.0559 e. The Morgan fingerprint density at radius 2 is 1.63 bits per heavy atom. The molecule has 0 radical (unpaired) electrons. The van der Waals surface area contributed by atoms with E-state index in [9.17, 15) is 0 Å². The van der Waals surface area contributed by atoms with Gasteiger partial charge in [-0.3, -0.25) is 0 Å². The predicted octanol–water partition coefficient (Wildman–Crippen LogP) is 4.82. The van der Waals surface area contributed by atoms with Crippen LogP contribution in [0.2, 0.25) is 19.1 Å². The fourth-order valence-corrected chi connectivity index (χ4v) is 6.56. The van der Waals surface area contributed by atoms with E-state index in [1.54, 1.807) is 11.1 Å². The van der Waals surface area contributed by atoms with Gasteiger partial charge < -0.3 is 0 Å². The first kappa shape index (κ1) is 12.7. The van der Waals surface area contributed by atoms with Crippen LogP contribution in [0.4, 0.5) is 0 Å². The maximum absolute atomic E-state index is 2.57. The third-order valence-corrected chi connectivity index (χ3v) is 8.64. The Hall–Kier alpha value is -1.34. The standard InChI is InChI=1S/C18H22Si/c1-19(2)13-12-16-10-6-7-11-17(16)18(19)14-15-8-4-3-5-9-15/h3-11,18H,12-14H2,1-2H3. The van der Waals surface area contributed by atoms with Gasteiger partial charge in [-0.25, -0.2) is 0 Å². The lowest BCUT2D eigenvalue weighted by Gasteiger charge is -2.39. The lowest BCUT2D eigenvalue weighted by Crippen LogP contribution is -2.40. The first-order valence-corrected chi connectivity index (χ1v) is 10.6. The molecule has 0 saturated carbocycles. The summed E-state index contributed by atoms with van der Waals surface area (Å²) >= 11 is 0. The average Bonchev–Trinajstić information content (AvgIpc) is 2.43. The van der Waals surface area contributed by atoms with Crippen LogP contribution in [-0.2, 0) is 12.8 Å². The first-order chi connectivity index (χ1) is 9.17. The summed E-state index contributed by atoms with van der Waals surface area (Å²) in [6.07, 6.45) is 2.51. The van der Waals surface area contributed by atoms with E-state index in [1.165, 1.54) is 24.4 Å². The number of hydrogen-bond donors (Lipinski definition) is 0. The van der Waals surface area contributed by atoms with E-state index in [0.717, 1.165) is 5.54 Å². The molecule has 1 aliphatic heterocycles. The van der Waals surface area contributed by atoms with Gasteiger partial charge in [-0.05, 0) is 35.1 Å². The molecule has 0 nitrogen and oxygen atoms in total. The highest BCUT2D eigenvalue weighted by molar-refractivity contribution is 6.79. The van der Waals surface area contributed by atoms with E-state index in [-0.39, 0.29) is 0 Å². The topological polar surface area (TPSA) is 0 Å². The summed E-state index contributed by atoms with van der Waals surface area (Å²) in [6, 6.07) is 21.5. The van der Waals surface area contributed by atoms with Crippen molar-refractivity contribution in [3.05, 3.63) is 71.3 Å². The first-order valence-electron chi connectivity index (χ1n) is 7.28. The third-order valence-electron chi connectivity index (χ3n) is 4.70. The van der Waals surface area contributed by atoms with Gasteiger partial charge in [-0.1, -0.05) is 73.7 Å². The number of fused-ring (bicyclic) bond motifs is 1. The van der Waals surface area contributed by atoms with Gasteiger partial charge in [-0.2, -0.15) is 0 Å². The maximum atomic E-state index is 2.57. The van der Waals surface area contributed by atoms with E-state index < -0.39 is 8.07 Å². The molecule has 1 aliphatic rings. The second-order valence-electron chi connectivity index (χ2n) is 6.43. The fraction of sp³-hybridized carbons (Fsp3) is 0.333. The van der Waals surface area contributed by atoms with Crippen LogP contribution in [0.15, 0.2) is 54.6 Å². The zero-order valence-electron chi connectivity index (χ0n) is 11.9. The van der Waals surface area contributed by atoms with Crippen molar-refractivity contribution in [1.29, 1.82) is 0 Å². The van der Waals surface area contributed by atoms with Crippen LogP contribution >= 0.6 is 0 Å². The number of aryl methyl sites for hydroxylation is 1. The Kier molecular flexibility index (Phi) is 3.32. The minimum Gasteiger partial charge on any atom is -0.0689 e. The van der Waals surface area contributed by atoms with Crippen LogP contribution < -0.4 is 0 Å². The highest BCUT2D eigenvalue weighted by atomic mass is 28.3. The van der Waals surface area contributed by atoms with Crippen molar-refractivity contribution in [2.75, 3.05) is 0 Å². The van der Waals surface area contributed by atoms with Crippen molar-refractivity contribution in [3.8, 4) is 0 Å². The molecule has 98 valence electrons. The van der Waals surface area contributed by atoms with Crippen LogP contribution in [0.25, 0.3) is 0 Å². The molecule has 1 unspecified atom stereocenters. The Morgan fingerprint density at radius 3 is 2.42 bits per heavy atom. The lowest BCUT2D eigenvalue weighted by atomic mass is 9.97. The molecule has 0 saturated heterocycles. The number of rotatable bonds is 2. The second-order valence-corrected chi connectivity index (χ2v) is 11.6. The van der Waals surface area contributed by atoms with E-state index in [4.69, 9.17) is 0 Å². The summed E-state index contributed by atoms with van der Waals surface area (Å²) < 4.78 is 0. The molecule has 1 heteroatoms. The van der Waals surface area contributed by atoms with Crippen LogP contribution in [0.3, 0.4) is 0 Å². The molecule has 0 spiro atoms. The summed E-state index contributed by atoms with van der Waals surface area (Å²) in [5.41, 5.74) is 5.49. The number of benzene rings is 2. The van der Waals surface area contributed by atoms with Crippen molar-refractivity contribution in [1.82, 2.24) is 0 Å². The van der Waals surface area contributed by atoms with Gasteiger partial charge in [0.1, 0.15) is 0 Å². The van der Waals surface area contributed by atoms with Crippen LogP contribution in [0, 0.1) is 0 Å². The summed E-state index contributed by atoms with van der Waals surface area (Å²) in [6.45, 7) is 5.13. The molecule has 19 heavy (non-hydrogen) atoms. The van der Waals surface area contributed by atoms with Crippen molar-refractivity contribution < 1.29 is 0 Å². The quantitative estimate of drug-likeness (QED) is 0.684. The van der Waals surface area contributed by atoms with E-state index in [1.807, 2.05) is 0 Å². The molecule has 0 N–H and O–H groups in total. The summed E-state index contributed by atoms with van der Waals surface area (Å²) in [4.78, 5) is 0. The van der Waals surface area contributed by atoms with Gasteiger partial charge in [0.05, 0.1) is 8.07 Å². The summed E-state index contributed by atoms with van der Waals surface area (Å²) in [5, 5.41) is 0. The molecule has 1 heterocycles. The van der Waals surface area contributed by atoms with Crippen LogP contribution in [0.5, 0.6) is 0 Å². The molecule has 0 aromatic heterocycles. The largest absolute Gasteiger partial charge is 0.0689 e. The average molecular weight is 266 g/mol. The highest BCUT2D eigenvalue weighted by Gasteiger charge is 2.37. The Bertz CT molecular complexity index is 557. The summed E-state index contributed by atoms with van der Waals surface area (Å²) in [7, 11) is -1.15. The third kappa shape index (κ3) is 2.52. The Balaban J connectivity index is 1.97. The molecule has 2 aromatic rings. The van der Waals surface area contributed by atoms with E-state index in [2.05, 4.69) is 67.7 Å². The minimum absolute atomic E-state index is 0.778. The Labute approximate surface area is 117 Å². The molecule has 3 rings (SSSR count). The molecular weight excluding hydrogens is 244 g/mol. The van der Waals surface area contributed by atoms with Gasteiger partial charge in [0.15, 0.2) is 0 Å². The van der Waals surface area contributed by atoms with Gasteiger partial charge in [-0.15, -0.1) is 0 Å². The highest BCUT2D eigenvalue weighted by Crippen LogP contribution is 2.40. The predicted molar refractivity (Wildman–Crippen MR) is 85.3 cm³/mol. The lowest BCUT2D eigenvalue weighted by molar-refractivity contribution is 0.809. The molecule has 0 amide bonds. The molecule has 0 bridgehead atoms. The number of hydrogen-bond acceptors (Lipinski definition) is 0. The van der Waals surface area contributed by atoms with Gasteiger partial charge in [0.2, 0.25) is 0 Å². The fourth-order valence-electron chi connectivity index (χ4n) is 3.39. The normalized spacial score (nSPS) is 20.8. The monoisotopic (exact) mass is 266 g/mol. The molecule has 0 fully saturated rings. The SMILES string of the molecule is C[Si]1(C)CCc2ccccc2C1Cc1ccccc1. The summed E-state index contributed by atoms with van der Waals surface area (Å²) in [5.74, 6) is 0. The van der Waals surface area contributed by atoms with Gasteiger partial charge in [0, 0.05) is 0 Å². The molecule has 0 aliphatic carbocycles. The second kappa shape index (κ2) is 4.97. The van der Waals surface area contributed by atoms with E-state index >= 15 is 0 Å². The molecular formula is C18H22Si. The van der Waals surface area contributed by atoms with Crippen molar-refractivity contribution in [3.63, 3.8) is 0 Å².